The van der Waals surface area contributed by atoms with Crippen LogP contribution in [0.2, 0.25) is 0 Å². The van der Waals surface area contributed by atoms with Gasteiger partial charge in [-0.2, -0.15) is 0 Å². The smallest absolute Gasteiger partial charge is 0.266 e. The number of ether oxygens (including phenoxy) is 2. The molecule has 3 unspecified atom stereocenters. The van der Waals surface area contributed by atoms with Gasteiger partial charge in [-0.1, -0.05) is 71.6 Å². The third-order valence-corrected chi connectivity index (χ3v) is 8.81. The Bertz CT molecular complexity index is 1490. The summed E-state index contributed by atoms with van der Waals surface area (Å²) >= 11 is 3.15. The Morgan fingerprint density at radius 2 is 1.69 bits per heavy atom. The number of imide groups is 1. The predicted octanol–water partition coefficient (Wildman–Crippen LogP) is 5.48. The van der Waals surface area contributed by atoms with E-state index >= 15 is 0 Å². The van der Waals surface area contributed by atoms with E-state index in [0.717, 1.165) is 20.5 Å². The van der Waals surface area contributed by atoms with E-state index in [4.69, 9.17) is 9.47 Å². The molecule has 1 fully saturated rings. The number of nitrogens with zero attached hydrogens (tertiary/aromatic N) is 3. The summed E-state index contributed by atoms with van der Waals surface area (Å²) in [6, 6.07) is 21.7. The molecule has 3 aromatic carbocycles. The lowest BCUT2D eigenvalue weighted by atomic mass is 10.0. The molecule has 2 aliphatic heterocycles. The van der Waals surface area contributed by atoms with Crippen molar-refractivity contribution >= 4 is 40.6 Å². The number of amides is 2. The molecule has 10 heteroatoms. The number of aliphatic hydroxyl groups is 1. The van der Waals surface area contributed by atoms with Crippen molar-refractivity contribution in [3.63, 3.8) is 0 Å². The summed E-state index contributed by atoms with van der Waals surface area (Å²) in [5.41, 5.74) is 3.79. The Morgan fingerprint density at radius 3 is 2.36 bits per heavy atom. The maximum atomic E-state index is 13.1. The van der Waals surface area contributed by atoms with Gasteiger partial charge in [0.1, 0.15) is 5.01 Å². The highest BCUT2D eigenvalue weighted by molar-refractivity contribution is 8.01. The van der Waals surface area contributed by atoms with Crippen molar-refractivity contribution in [1.29, 1.82) is 0 Å². The summed E-state index contributed by atoms with van der Waals surface area (Å²) in [7, 11) is 0. The van der Waals surface area contributed by atoms with Crippen molar-refractivity contribution in [3.8, 4) is 0 Å². The Kier molecular flexibility index (Phi) is 7.28. The molecule has 39 heavy (non-hydrogen) atoms. The normalized spacial score (nSPS) is 20.9. The molecular weight excluding hydrogens is 534 g/mol. The zero-order chi connectivity index (χ0) is 26.9. The third-order valence-electron chi connectivity index (χ3n) is 6.71. The standard InChI is InChI=1S/C29H25N3O5S2/c1-17-30-31-29(39-17)38-16-22-14-25(19-11-9-18(15-33)10-12-19)37-28(36-22)20-5-4-6-21(13-20)32-26(34)23-7-2-3-8-24(23)27(32)35/h2-13,22,25,28,33H,14-16H2,1H3. The molecule has 4 aromatic rings. The molecule has 1 N–H and O–H groups in total. The van der Waals surface area contributed by atoms with Crippen LogP contribution in [0.15, 0.2) is 77.1 Å². The summed E-state index contributed by atoms with van der Waals surface area (Å²) in [5.74, 6) is -0.0268. The molecule has 0 radical (unpaired) electrons. The lowest BCUT2D eigenvalue weighted by Crippen LogP contribution is -2.32. The SMILES string of the molecule is Cc1nnc(SCC2CC(c3ccc(CO)cc3)OC(c3cccc(N4C(=O)c5ccccc5C4=O)c3)O2)s1. The van der Waals surface area contributed by atoms with Gasteiger partial charge in [0.05, 0.1) is 35.6 Å². The molecule has 6 rings (SSSR count). The fourth-order valence-electron chi connectivity index (χ4n) is 4.76. The highest BCUT2D eigenvalue weighted by Gasteiger charge is 2.37. The van der Waals surface area contributed by atoms with E-state index in [1.165, 1.54) is 4.90 Å². The molecule has 1 saturated heterocycles. The Balaban J connectivity index is 1.27. The van der Waals surface area contributed by atoms with Crippen LogP contribution in [0, 0.1) is 6.92 Å². The van der Waals surface area contributed by atoms with Gasteiger partial charge >= 0.3 is 0 Å². The lowest BCUT2D eigenvalue weighted by molar-refractivity contribution is -0.245. The van der Waals surface area contributed by atoms with Crippen molar-refractivity contribution in [3.05, 3.63) is 106 Å². The minimum absolute atomic E-state index is 0.0251. The molecule has 2 amide bonds. The number of carbonyl (C=O) groups is 2. The average molecular weight is 560 g/mol. The van der Waals surface area contributed by atoms with E-state index in [0.29, 0.717) is 34.6 Å². The Morgan fingerprint density at radius 1 is 0.949 bits per heavy atom. The average Bonchev–Trinajstić information content (AvgIpc) is 3.51. The molecule has 0 saturated carbocycles. The number of aryl methyl sites for hydroxylation is 1. The first-order valence-corrected chi connectivity index (χ1v) is 14.3. The number of benzene rings is 3. The first kappa shape index (κ1) is 25.8. The maximum Gasteiger partial charge on any atom is 0.266 e. The second-order valence-electron chi connectivity index (χ2n) is 9.33. The maximum absolute atomic E-state index is 13.1. The number of thioether (sulfide) groups is 1. The number of aliphatic hydroxyl groups excluding tert-OH is 1. The molecule has 0 bridgehead atoms. The quantitative estimate of drug-likeness (QED) is 0.235. The number of fused-ring (bicyclic) bond motifs is 1. The first-order valence-electron chi connectivity index (χ1n) is 12.5. The summed E-state index contributed by atoms with van der Waals surface area (Å²) in [4.78, 5) is 27.3. The fourth-order valence-corrected chi connectivity index (χ4v) is 6.62. The molecule has 1 aromatic heterocycles. The number of anilines is 1. The molecule has 0 aliphatic carbocycles. The Hall–Kier alpha value is -3.41. The van der Waals surface area contributed by atoms with Crippen LogP contribution in [0.4, 0.5) is 5.69 Å². The van der Waals surface area contributed by atoms with Crippen LogP contribution >= 0.6 is 23.1 Å². The van der Waals surface area contributed by atoms with Gasteiger partial charge in [-0.25, -0.2) is 4.90 Å². The van der Waals surface area contributed by atoms with Gasteiger partial charge in [0.15, 0.2) is 10.6 Å². The van der Waals surface area contributed by atoms with Gasteiger partial charge in [-0.05, 0) is 42.3 Å². The molecule has 8 nitrogen and oxygen atoms in total. The van der Waals surface area contributed by atoms with Gasteiger partial charge in [0.2, 0.25) is 0 Å². The number of aromatic nitrogens is 2. The van der Waals surface area contributed by atoms with Gasteiger partial charge in [0.25, 0.3) is 11.8 Å². The summed E-state index contributed by atoms with van der Waals surface area (Å²) in [5, 5.41) is 18.7. The minimum Gasteiger partial charge on any atom is -0.392 e. The number of carbonyl (C=O) groups excluding carboxylic acids is 2. The van der Waals surface area contributed by atoms with Crippen LogP contribution in [-0.4, -0.2) is 39.0 Å². The predicted molar refractivity (Wildman–Crippen MR) is 148 cm³/mol. The molecule has 3 heterocycles. The summed E-state index contributed by atoms with van der Waals surface area (Å²) < 4.78 is 13.7. The van der Waals surface area contributed by atoms with Gasteiger partial charge in [-0.15, -0.1) is 10.2 Å². The number of hydrogen-bond donors (Lipinski definition) is 1. The van der Waals surface area contributed by atoms with Crippen molar-refractivity contribution in [2.75, 3.05) is 10.7 Å². The van der Waals surface area contributed by atoms with E-state index < -0.39 is 6.29 Å². The monoisotopic (exact) mass is 559 g/mol. The highest BCUT2D eigenvalue weighted by Crippen LogP contribution is 2.41. The van der Waals surface area contributed by atoms with Crippen LogP contribution in [0.3, 0.4) is 0 Å². The molecule has 198 valence electrons. The van der Waals surface area contributed by atoms with Crippen LogP contribution in [0.1, 0.15) is 61.2 Å². The summed E-state index contributed by atoms with van der Waals surface area (Å²) in [6.45, 7) is 1.90. The zero-order valence-corrected chi connectivity index (χ0v) is 22.7. The van der Waals surface area contributed by atoms with E-state index in [2.05, 4.69) is 10.2 Å². The largest absolute Gasteiger partial charge is 0.392 e. The van der Waals surface area contributed by atoms with Crippen LogP contribution in [-0.2, 0) is 16.1 Å². The lowest BCUT2D eigenvalue weighted by Gasteiger charge is -2.36. The van der Waals surface area contributed by atoms with Crippen molar-refractivity contribution in [2.24, 2.45) is 0 Å². The molecule has 2 aliphatic rings. The fraction of sp³-hybridized carbons (Fsp3) is 0.241. The second kappa shape index (κ2) is 11.0. The van der Waals surface area contributed by atoms with Crippen molar-refractivity contribution in [2.45, 2.75) is 42.8 Å². The third kappa shape index (κ3) is 5.26. The number of hydrogen-bond acceptors (Lipinski definition) is 9. The van der Waals surface area contributed by atoms with Gasteiger partial charge in [-0.3, -0.25) is 9.59 Å². The number of rotatable bonds is 7. The molecular formula is C29H25N3O5S2. The van der Waals surface area contributed by atoms with E-state index in [-0.39, 0.29) is 30.6 Å². The second-order valence-corrected chi connectivity index (χ2v) is 11.8. The van der Waals surface area contributed by atoms with Gasteiger partial charge in [0, 0.05) is 17.7 Å². The van der Waals surface area contributed by atoms with Crippen LogP contribution in [0.25, 0.3) is 0 Å². The van der Waals surface area contributed by atoms with Crippen molar-refractivity contribution in [1.82, 2.24) is 10.2 Å². The molecule has 0 spiro atoms. The zero-order valence-electron chi connectivity index (χ0n) is 21.0. The topological polar surface area (TPSA) is 102 Å². The summed E-state index contributed by atoms with van der Waals surface area (Å²) in [6.07, 6.45) is -0.472. The first-order chi connectivity index (χ1) is 19.0. The molecule has 3 atom stereocenters. The minimum atomic E-state index is -0.710. The van der Waals surface area contributed by atoms with E-state index in [9.17, 15) is 14.7 Å². The Labute approximate surface area is 233 Å². The van der Waals surface area contributed by atoms with Crippen molar-refractivity contribution < 1.29 is 24.2 Å². The van der Waals surface area contributed by atoms with Crippen LogP contribution in [0.5, 0.6) is 0 Å². The van der Waals surface area contributed by atoms with Gasteiger partial charge < -0.3 is 14.6 Å². The highest BCUT2D eigenvalue weighted by atomic mass is 32.2. The van der Waals surface area contributed by atoms with Crippen LogP contribution < -0.4 is 4.90 Å². The van der Waals surface area contributed by atoms with E-state index in [1.807, 2.05) is 37.3 Å². The van der Waals surface area contributed by atoms with E-state index in [1.54, 1.807) is 65.6 Å².